The van der Waals surface area contributed by atoms with E-state index in [1.165, 1.54) is 16.0 Å². The molecule has 1 saturated heterocycles. The van der Waals surface area contributed by atoms with Crippen molar-refractivity contribution >= 4 is 45.9 Å². The number of carbonyl (C=O) groups excluding carboxylic acids is 1. The maximum absolute atomic E-state index is 12.9. The van der Waals surface area contributed by atoms with Gasteiger partial charge in [0.2, 0.25) is 0 Å². The molecule has 4 heterocycles. The molecule has 0 aliphatic carbocycles. The van der Waals surface area contributed by atoms with Crippen LogP contribution in [0.2, 0.25) is 5.02 Å². The molecule has 1 aliphatic heterocycles. The van der Waals surface area contributed by atoms with E-state index in [1.54, 1.807) is 34.6 Å². The van der Waals surface area contributed by atoms with Crippen molar-refractivity contribution in [3.63, 3.8) is 0 Å². The maximum Gasteiger partial charge on any atom is 0.292 e. The van der Waals surface area contributed by atoms with Crippen molar-refractivity contribution in [3.05, 3.63) is 80.5 Å². The fraction of sp³-hybridized carbons (Fsp3) is 0.182. The highest BCUT2D eigenvalue weighted by molar-refractivity contribution is 7.20. The van der Waals surface area contributed by atoms with E-state index in [-0.39, 0.29) is 16.5 Å². The molecule has 1 amide bonds. The number of para-hydroxylation sites is 1. The Balaban J connectivity index is 1.28. The summed E-state index contributed by atoms with van der Waals surface area (Å²) in [6, 6.07) is 13.1. The van der Waals surface area contributed by atoms with Crippen molar-refractivity contribution in [2.75, 3.05) is 31.1 Å². The molecule has 0 atom stereocenters. The first kappa shape index (κ1) is 20.9. The quantitative estimate of drug-likeness (QED) is 0.438. The van der Waals surface area contributed by atoms with Gasteiger partial charge in [0.15, 0.2) is 0 Å². The van der Waals surface area contributed by atoms with Crippen LogP contribution in [0.3, 0.4) is 0 Å². The largest absolute Gasteiger partial charge is 0.365 e. The lowest BCUT2D eigenvalue weighted by Crippen LogP contribution is -2.49. The molecule has 10 heteroatoms. The first-order chi connectivity index (χ1) is 15.6. The Morgan fingerprint density at radius 3 is 2.50 bits per heavy atom. The monoisotopic (exact) mass is 483 g/mol. The summed E-state index contributed by atoms with van der Waals surface area (Å²) in [4.78, 5) is 35.0. The van der Waals surface area contributed by atoms with Crippen LogP contribution in [0.1, 0.15) is 10.5 Å². The molecule has 1 aliphatic rings. The molecular weight excluding hydrogens is 466 g/mol. The van der Waals surface area contributed by atoms with E-state index in [9.17, 15) is 9.59 Å². The van der Waals surface area contributed by atoms with E-state index >= 15 is 0 Å². The maximum atomic E-state index is 12.9. The summed E-state index contributed by atoms with van der Waals surface area (Å²) in [5.41, 5.74) is 1.35. The van der Waals surface area contributed by atoms with Crippen molar-refractivity contribution in [3.8, 4) is 15.6 Å². The SMILES string of the molecule is O=C(c1csc(-c2cccs2)n1)N1CCN(c2cnn(-c3ccccc3)c(=O)c2Cl)CC1. The van der Waals surface area contributed by atoms with Gasteiger partial charge in [-0.2, -0.15) is 9.78 Å². The Hall–Kier alpha value is -3.01. The molecule has 1 fully saturated rings. The average molecular weight is 484 g/mol. The van der Waals surface area contributed by atoms with E-state index < -0.39 is 0 Å². The van der Waals surface area contributed by atoms with E-state index in [2.05, 4.69) is 10.1 Å². The fourth-order valence-electron chi connectivity index (χ4n) is 3.60. The molecule has 3 aromatic heterocycles. The Morgan fingerprint density at radius 1 is 1.00 bits per heavy atom. The summed E-state index contributed by atoms with van der Waals surface area (Å²) < 4.78 is 1.29. The number of aromatic nitrogens is 3. The number of hydrogen-bond acceptors (Lipinski definition) is 7. The fourth-order valence-corrected chi connectivity index (χ4v) is 5.45. The van der Waals surface area contributed by atoms with Gasteiger partial charge in [-0.25, -0.2) is 4.98 Å². The molecule has 7 nitrogen and oxygen atoms in total. The number of thiophene rings is 1. The third-order valence-corrected chi connectivity index (χ3v) is 7.50. The smallest absolute Gasteiger partial charge is 0.292 e. The second-order valence-electron chi connectivity index (χ2n) is 7.19. The summed E-state index contributed by atoms with van der Waals surface area (Å²) >= 11 is 9.51. The molecule has 0 spiro atoms. The number of carbonyl (C=O) groups is 1. The first-order valence-corrected chi connectivity index (χ1v) is 12.1. The Labute approximate surface area is 197 Å². The number of amides is 1. The van der Waals surface area contributed by atoms with Crippen LogP contribution in [0.5, 0.6) is 0 Å². The van der Waals surface area contributed by atoms with Gasteiger partial charge >= 0.3 is 0 Å². The van der Waals surface area contributed by atoms with Gasteiger partial charge in [0.1, 0.15) is 15.7 Å². The molecule has 0 saturated carbocycles. The van der Waals surface area contributed by atoms with Crippen molar-refractivity contribution in [1.82, 2.24) is 19.7 Å². The van der Waals surface area contributed by atoms with Gasteiger partial charge in [-0.15, -0.1) is 22.7 Å². The molecular formula is C22H18ClN5O2S2. The van der Waals surface area contributed by atoms with E-state index in [4.69, 9.17) is 11.6 Å². The average Bonchev–Trinajstić information content (AvgIpc) is 3.53. The number of hydrogen-bond donors (Lipinski definition) is 0. The standard InChI is InChI=1S/C22H18ClN5O2S2/c23-19-17(13-24-28(22(19)30)15-5-2-1-3-6-15)26-8-10-27(11-9-26)21(29)16-14-32-20(25-16)18-7-4-12-31-18/h1-7,12-14H,8-11H2. The lowest BCUT2D eigenvalue weighted by molar-refractivity contribution is 0.0742. The number of anilines is 1. The van der Waals surface area contributed by atoms with Gasteiger partial charge in [-0.3, -0.25) is 9.59 Å². The highest BCUT2D eigenvalue weighted by Gasteiger charge is 2.26. The second kappa shape index (κ2) is 8.85. The van der Waals surface area contributed by atoms with Gasteiger partial charge in [0.05, 0.1) is 22.4 Å². The summed E-state index contributed by atoms with van der Waals surface area (Å²) in [5.74, 6) is -0.0765. The van der Waals surface area contributed by atoms with Crippen molar-refractivity contribution < 1.29 is 4.79 Å². The van der Waals surface area contributed by atoms with Gasteiger partial charge in [0, 0.05) is 31.6 Å². The molecule has 5 rings (SSSR count). The molecule has 162 valence electrons. The minimum Gasteiger partial charge on any atom is -0.365 e. The zero-order valence-corrected chi connectivity index (χ0v) is 19.2. The van der Waals surface area contributed by atoms with Gasteiger partial charge < -0.3 is 9.80 Å². The Morgan fingerprint density at radius 2 is 1.78 bits per heavy atom. The number of piperazine rings is 1. The van der Waals surface area contributed by atoms with Gasteiger partial charge in [0.25, 0.3) is 11.5 Å². The summed E-state index contributed by atoms with van der Waals surface area (Å²) in [7, 11) is 0. The summed E-state index contributed by atoms with van der Waals surface area (Å²) in [6.45, 7) is 2.15. The first-order valence-electron chi connectivity index (χ1n) is 9.99. The molecule has 4 aromatic rings. The predicted octanol–water partition coefficient (Wildman–Crippen LogP) is 4.03. The van der Waals surface area contributed by atoms with Crippen molar-refractivity contribution in [2.45, 2.75) is 0 Å². The number of thiazole rings is 1. The zero-order chi connectivity index (χ0) is 22.1. The highest BCUT2D eigenvalue weighted by atomic mass is 35.5. The van der Waals surface area contributed by atoms with Gasteiger partial charge in [-0.1, -0.05) is 35.9 Å². The van der Waals surface area contributed by atoms with Crippen LogP contribution in [0.25, 0.3) is 15.6 Å². The van der Waals surface area contributed by atoms with Crippen LogP contribution in [0.15, 0.2) is 64.2 Å². The normalized spacial score (nSPS) is 14.0. The predicted molar refractivity (Wildman–Crippen MR) is 128 cm³/mol. The molecule has 1 aromatic carbocycles. The topological polar surface area (TPSA) is 71.3 Å². The summed E-state index contributed by atoms with van der Waals surface area (Å²) in [6.07, 6.45) is 1.61. The van der Waals surface area contributed by atoms with Crippen LogP contribution in [-0.2, 0) is 0 Å². The summed E-state index contributed by atoms with van der Waals surface area (Å²) in [5, 5.41) is 9.10. The Bertz CT molecular complexity index is 1300. The number of halogens is 1. The van der Waals surface area contributed by atoms with E-state index in [0.29, 0.717) is 43.2 Å². The highest BCUT2D eigenvalue weighted by Crippen LogP contribution is 2.29. The number of benzene rings is 1. The molecule has 32 heavy (non-hydrogen) atoms. The third-order valence-electron chi connectivity index (χ3n) is 5.26. The minimum atomic E-state index is -0.363. The zero-order valence-electron chi connectivity index (χ0n) is 16.8. The van der Waals surface area contributed by atoms with E-state index in [0.717, 1.165) is 9.88 Å². The van der Waals surface area contributed by atoms with Crippen LogP contribution in [0, 0.1) is 0 Å². The van der Waals surface area contributed by atoms with Crippen molar-refractivity contribution in [2.24, 2.45) is 0 Å². The van der Waals surface area contributed by atoms with Crippen LogP contribution >= 0.6 is 34.3 Å². The lowest BCUT2D eigenvalue weighted by Gasteiger charge is -2.35. The van der Waals surface area contributed by atoms with Crippen LogP contribution < -0.4 is 10.5 Å². The number of nitrogens with zero attached hydrogens (tertiary/aromatic N) is 5. The van der Waals surface area contributed by atoms with Crippen LogP contribution in [0.4, 0.5) is 5.69 Å². The minimum absolute atomic E-state index is 0.0765. The molecule has 0 radical (unpaired) electrons. The Kier molecular flexibility index (Phi) is 5.77. The molecule has 0 bridgehead atoms. The van der Waals surface area contributed by atoms with Gasteiger partial charge in [-0.05, 0) is 23.6 Å². The van der Waals surface area contributed by atoms with Crippen molar-refractivity contribution in [1.29, 1.82) is 0 Å². The molecule has 0 unspecified atom stereocenters. The van der Waals surface area contributed by atoms with Crippen LogP contribution in [-0.4, -0.2) is 51.8 Å². The number of rotatable bonds is 4. The molecule has 0 N–H and O–H groups in total. The lowest BCUT2D eigenvalue weighted by atomic mass is 10.2. The second-order valence-corrected chi connectivity index (χ2v) is 9.37. The third kappa shape index (κ3) is 3.94. The van der Waals surface area contributed by atoms with E-state index in [1.807, 2.05) is 46.0 Å².